The van der Waals surface area contributed by atoms with Gasteiger partial charge in [0.25, 0.3) is 0 Å². The van der Waals surface area contributed by atoms with Gasteiger partial charge in [-0.3, -0.25) is 9.59 Å². The summed E-state index contributed by atoms with van der Waals surface area (Å²) in [6.07, 6.45) is 0. The molecule has 0 N–H and O–H groups in total. The second-order valence-corrected chi connectivity index (χ2v) is 8.02. The fraction of sp³-hybridized carbons (Fsp3) is 0. The number of hydrogen-bond acceptors (Lipinski definition) is 2. The van der Waals surface area contributed by atoms with Crippen molar-refractivity contribution in [3.05, 3.63) is 105 Å². The SMILES string of the molecule is O=c1c2ccccc2c2cc3c(=O)c4c(ccc5ccc6ccccc6c54)c3cc12. The third kappa shape index (κ3) is 1.79. The lowest BCUT2D eigenvalue weighted by Crippen LogP contribution is -1.96. The van der Waals surface area contributed by atoms with Crippen LogP contribution in [-0.4, -0.2) is 0 Å². The van der Waals surface area contributed by atoms with E-state index in [2.05, 4.69) is 30.3 Å². The van der Waals surface area contributed by atoms with E-state index in [4.69, 9.17) is 0 Å². The van der Waals surface area contributed by atoms with Crippen LogP contribution >= 0.6 is 0 Å². The van der Waals surface area contributed by atoms with Gasteiger partial charge in [0.1, 0.15) is 0 Å². The molecule has 7 aromatic rings. The first-order valence-corrected chi connectivity index (χ1v) is 10.0. The Kier molecular flexibility index (Phi) is 2.80. The molecule has 0 aliphatic heterocycles. The van der Waals surface area contributed by atoms with Crippen molar-refractivity contribution in [2.24, 2.45) is 0 Å². The van der Waals surface area contributed by atoms with Gasteiger partial charge in [-0.15, -0.1) is 0 Å². The highest BCUT2D eigenvalue weighted by molar-refractivity contribution is 6.29. The fourth-order valence-corrected chi connectivity index (χ4v) is 5.17. The molecule has 0 fully saturated rings. The summed E-state index contributed by atoms with van der Waals surface area (Å²) in [5.74, 6) is 0. The molecule has 0 radical (unpaired) electrons. The summed E-state index contributed by atoms with van der Waals surface area (Å²) in [5.41, 5.74) is 0.0807. The minimum atomic E-state index is 0.0375. The Morgan fingerprint density at radius 2 is 0.967 bits per heavy atom. The maximum atomic E-state index is 13.7. The second-order valence-electron chi connectivity index (χ2n) is 8.02. The number of benzene rings is 5. The van der Waals surface area contributed by atoms with E-state index in [-0.39, 0.29) is 10.9 Å². The Morgan fingerprint density at radius 1 is 0.367 bits per heavy atom. The van der Waals surface area contributed by atoms with Crippen molar-refractivity contribution in [2.75, 3.05) is 0 Å². The molecule has 2 nitrogen and oxygen atoms in total. The van der Waals surface area contributed by atoms with Gasteiger partial charge in [0.05, 0.1) is 0 Å². The van der Waals surface area contributed by atoms with Gasteiger partial charge in [-0.1, -0.05) is 72.8 Å². The van der Waals surface area contributed by atoms with E-state index in [1.807, 2.05) is 54.6 Å². The predicted octanol–water partition coefficient (Wildman–Crippen LogP) is 6.20. The quantitative estimate of drug-likeness (QED) is 0.293. The summed E-state index contributed by atoms with van der Waals surface area (Å²) in [7, 11) is 0. The average molecular weight is 382 g/mol. The zero-order chi connectivity index (χ0) is 20.0. The molecule has 7 rings (SSSR count). The van der Waals surface area contributed by atoms with Gasteiger partial charge in [0, 0.05) is 26.9 Å². The predicted molar refractivity (Wildman–Crippen MR) is 126 cm³/mol. The van der Waals surface area contributed by atoms with Gasteiger partial charge in [-0.05, 0) is 49.8 Å². The maximum absolute atomic E-state index is 13.7. The van der Waals surface area contributed by atoms with Gasteiger partial charge >= 0.3 is 0 Å². The molecule has 0 atom stereocenters. The first-order chi connectivity index (χ1) is 14.7. The van der Waals surface area contributed by atoms with Gasteiger partial charge in [-0.25, -0.2) is 0 Å². The first-order valence-electron chi connectivity index (χ1n) is 10.0. The molecule has 0 saturated carbocycles. The Labute approximate surface area is 170 Å². The molecule has 0 heterocycles. The van der Waals surface area contributed by atoms with Crippen LogP contribution in [0.2, 0.25) is 0 Å². The third-order valence-corrected chi connectivity index (χ3v) is 6.54. The van der Waals surface area contributed by atoms with Crippen LogP contribution in [0.1, 0.15) is 0 Å². The number of fused-ring (bicyclic) bond motifs is 10. The van der Waals surface area contributed by atoms with Gasteiger partial charge in [-0.2, -0.15) is 0 Å². The molecule has 30 heavy (non-hydrogen) atoms. The summed E-state index contributed by atoms with van der Waals surface area (Å²) in [5, 5.41) is 10.7. The highest BCUT2D eigenvalue weighted by Gasteiger charge is 2.18. The standard InChI is InChI=1S/C28H14O2/c29-27-20-8-4-3-7-18(20)21-13-24-22(14-23(21)27)19-12-11-16-10-9-15-5-1-2-6-17(15)25(16)26(19)28(24)30/h1-14H. The average Bonchev–Trinajstić information content (AvgIpc) is 3.24. The van der Waals surface area contributed by atoms with E-state index in [9.17, 15) is 9.59 Å². The Hall–Kier alpha value is -4.04. The van der Waals surface area contributed by atoms with Crippen molar-refractivity contribution in [3.8, 4) is 0 Å². The molecule has 2 heteroatoms. The summed E-state index contributed by atoms with van der Waals surface area (Å²) < 4.78 is 0. The molecular weight excluding hydrogens is 368 g/mol. The van der Waals surface area contributed by atoms with Crippen LogP contribution in [0.15, 0.2) is 94.5 Å². The summed E-state index contributed by atoms with van der Waals surface area (Å²) in [6.45, 7) is 0. The van der Waals surface area contributed by atoms with E-state index in [1.54, 1.807) is 0 Å². The second kappa shape index (κ2) is 5.31. The lowest BCUT2D eigenvalue weighted by molar-refractivity contribution is 1.79. The molecule has 0 unspecified atom stereocenters. The number of rotatable bonds is 0. The molecule has 0 spiro atoms. The van der Waals surface area contributed by atoms with E-state index in [0.717, 1.165) is 48.5 Å². The van der Waals surface area contributed by atoms with Crippen LogP contribution in [-0.2, 0) is 0 Å². The maximum Gasteiger partial charge on any atom is 0.194 e. The molecule has 0 saturated heterocycles. The zero-order valence-electron chi connectivity index (χ0n) is 15.9. The van der Waals surface area contributed by atoms with Crippen molar-refractivity contribution in [3.63, 3.8) is 0 Å². The smallest absolute Gasteiger partial charge is 0.194 e. The summed E-state index contributed by atoms with van der Waals surface area (Å²) >= 11 is 0. The fourth-order valence-electron chi connectivity index (χ4n) is 5.17. The van der Waals surface area contributed by atoms with Crippen LogP contribution in [0.25, 0.3) is 64.6 Å². The topological polar surface area (TPSA) is 34.1 Å². The van der Waals surface area contributed by atoms with Crippen molar-refractivity contribution in [1.29, 1.82) is 0 Å². The Bertz CT molecular complexity index is 1930. The van der Waals surface area contributed by atoms with Crippen LogP contribution in [0, 0.1) is 0 Å². The van der Waals surface area contributed by atoms with Crippen molar-refractivity contribution in [2.45, 2.75) is 0 Å². The third-order valence-electron chi connectivity index (χ3n) is 6.54. The van der Waals surface area contributed by atoms with Crippen LogP contribution in [0.3, 0.4) is 0 Å². The van der Waals surface area contributed by atoms with Crippen LogP contribution < -0.4 is 10.9 Å². The minimum absolute atomic E-state index is 0.0375. The monoisotopic (exact) mass is 382 g/mol. The van der Waals surface area contributed by atoms with Crippen LogP contribution in [0.5, 0.6) is 0 Å². The molecule has 0 bridgehead atoms. The Balaban J connectivity index is 1.78. The highest BCUT2D eigenvalue weighted by atomic mass is 16.1. The molecule has 138 valence electrons. The van der Waals surface area contributed by atoms with Crippen molar-refractivity contribution in [1.82, 2.24) is 0 Å². The van der Waals surface area contributed by atoms with E-state index < -0.39 is 0 Å². The highest BCUT2D eigenvalue weighted by Crippen LogP contribution is 2.36. The first kappa shape index (κ1) is 15.8. The van der Waals surface area contributed by atoms with Gasteiger partial charge in [0.2, 0.25) is 0 Å². The van der Waals surface area contributed by atoms with E-state index in [0.29, 0.717) is 16.2 Å². The largest absolute Gasteiger partial charge is 0.289 e. The number of hydrogen-bond donors (Lipinski definition) is 0. The van der Waals surface area contributed by atoms with Gasteiger partial charge in [0.15, 0.2) is 10.9 Å². The lowest BCUT2D eigenvalue weighted by Gasteiger charge is -2.05. The lowest BCUT2D eigenvalue weighted by atomic mass is 9.98. The summed E-state index contributed by atoms with van der Waals surface area (Å²) in [6, 6.07) is 27.9. The minimum Gasteiger partial charge on any atom is -0.289 e. The van der Waals surface area contributed by atoms with E-state index in [1.165, 1.54) is 0 Å². The zero-order valence-corrected chi connectivity index (χ0v) is 15.9. The molecular formula is C28H14O2. The van der Waals surface area contributed by atoms with Crippen molar-refractivity contribution >= 4 is 64.6 Å². The van der Waals surface area contributed by atoms with Crippen LogP contribution in [0.4, 0.5) is 0 Å². The molecule has 0 aliphatic rings. The normalized spacial score (nSPS) is 12.3. The molecule has 0 aromatic heterocycles. The Morgan fingerprint density at radius 3 is 1.80 bits per heavy atom. The molecule has 7 aromatic carbocycles. The van der Waals surface area contributed by atoms with Crippen molar-refractivity contribution < 1.29 is 0 Å². The van der Waals surface area contributed by atoms with Gasteiger partial charge < -0.3 is 0 Å². The summed E-state index contributed by atoms with van der Waals surface area (Å²) in [4.78, 5) is 26.6. The molecule has 0 amide bonds. The molecule has 0 aliphatic carbocycles. The van der Waals surface area contributed by atoms with E-state index >= 15 is 0 Å².